The van der Waals surface area contributed by atoms with Crippen LogP contribution in [0.15, 0.2) is 35.2 Å². The van der Waals surface area contributed by atoms with Crippen LogP contribution < -0.4 is 4.74 Å². The van der Waals surface area contributed by atoms with Crippen molar-refractivity contribution in [1.29, 1.82) is 0 Å². The molecule has 0 aliphatic carbocycles. The van der Waals surface area contributed by atoms with Crippen molar-refractivity contribution in [2.24, 2.45) is 5.92 Å². The fourth-order valence-electron chi connectivity index (χ4n) is 3.84. The van der Waals surface area contributed by atoms with Crippen LogP contribution in [0.5, 0.6) is 5.88 Å². The lowest BCUT2D eigenvalue weighted by Crippen LogP contribution is -2.29. The Kier molecular flexibility index (Phi) is 5.24. The van der Waals surface area contributed by atoms with Crippen LogP contribution in [-0.2, 0) is 6.42 Å². The van der Waals surface area contributed by atoms with Gasteiger partial charge in [0.25, 0.3) is 5.91 Å². The number of nitrogens with zero attached hydrogens (tertiary/aromatic N) is 5. The lowest BCUT2D eigenvalue weighted by atomic mass is 10.0. The Morgan fingerprint density at radius 1 is 1.34 bits per heavy atom. The molecule has 1 fully saturated rings. The Balaban J connectivity index is 1.46. The third kappa shape index (κ3) is 3.83. The molecule has 1 saturated heterocycles. The highest BCUT2D eigenvalue weighted by molar-refractivity contribution is 5.96. The molecule has 4 heterocycles. The molecule has 0 bridgehead atoms. The highest BCUT2D eigenvalue weighted by Gasteiger charge is 2.29. The number of amides is 1. The molecule has 1 aliphatic heterocycles. The van der Waals surface area contributed by atoms with Crippen LogP contribution in [0.25, 0.3) is 11.3 Å². The maximum Gasteiger partial charge on any atom is 0.259 e. The van der Waals surface area contributed by atoms with E-state index in [1.165, 1.54) is 7.11 Å². The summed E-state index contributed by atoms with van der Waals surface area (Å²) in [4.78, 5) is 28.0. The van der Waals surface area contributed by atoms with Crippen molar-refractivity contribution >= 4 is 5.91 Å². The van der Waals surface area contributed by atoms with Crippen molar-refractivity contribution in [3.8, 4) is 17.1 Å². The standard InChI is InChI=1S/C21H23N5O3/c1-13-19(14(2)29-25-13)18-11-22-10-16(24-18)9-15-6-8-26(12-15)21(27)17-5-4-7-23-20(17)28-3/h4-5,7,10-11,15H,6,8-9,12H2,1-3H3/t15-/m0/s1. The molecule has 4 rings (SSSR count). The number of likely N-dealkylation sites (tertiary alicyclic amines) is 1. The minimum absolute atomic E-state index is 0.0481. The van der Waals surface area contributed by atoms with Gasteiger partial charge in [0, 0.05) is 25.5 Å². The van der Waals surface area contributed by atoms with Crippen LogP contribution in [0.1, 0.15) is 33.9 Å². The molecular formula is C21H23N5O3. The van der Waals surface area contributed by atoms with Crippen LogP contribution in [0, 0.1) is 19.8 Å². The molecule has 3 aromatic rings. The van der Waals surface area contributed by atoms with Crippen LogP contribution in [0.2, 0.25) is 0 Å². The number of aryl methyl sites for hydroxylation is 2. The summed E-state index contributed by atoms with van der Waals surface area (Å²) in [5.74, 6) is 1.37. The third-order valence-corrected chi connectivity index (χ3v) is 5.24. The Morgan fingerprint density at radius 3 is 2.97 bits per heavy atom. The van der Waals surface area contributed by atoms with Crippen molar-refractivity contribution in [2.45, 2.75) is 26.7 Å². The molecule has 0 spiro atoms. The molecule has 0 radical (unpaired) electrons. The van der Waals surface area contributed by atoms with E-state index in [1.807, 2.05) is 18.7 Å². The van der Waals surface area contributed by atoms with E-state index in [-0.39, 0.29) is 5.91 Å². The first-order valence-corrected chi connectivity index (χ1v) is 9.59. The summed E-state index contributed by atoms with van der Waals surface area (Å²) in [7, 11) is 1.52. The molecule has 0 N–H and O–H groups in total. The minimum Gasteiger partial charge on any atom is -0.480 e. The summed E-state index contributed by atoms with van der Waals surface area (Å²) in [6.45, 7) is 5.15. The van der Waals surface area contributed by atoms with Gasteiger partial charge in [-0.2, -0.15) is 0 Å². The Hall–Kier alpha value is -3.29. The van der Waals surface area contributed by atoms with Gasteiger partial charge in [0.1, 0.15) is 11.3 Å². The van der Waals surface area contributed by atoms with E-state index in [0.717, 1.165) is 41.2 Å². The zero-order valence-electron chi connectivity index (χ0n) is 16.8. The molecule has 8 heteroatoms. The number of hydrogen-bond donors (Lipinski definition) is 0. The molecule has 1 aliphatic rings. The number of ether oxygens (including phenoxy) is 1. The maximum absolute atomic E-state index is 12.9. The first-order valence-electron chi connectivity index (χ1n) is 9.59. The van der Waals surface area contributed by atoms with Crippen molar-refractivity contribution in [3.63, 3.8) is 0 Å². The number of carbonyl (C=O) groups excluding carboxylic acids is 1. The van der Waals surface area contributed by atoms with Crippen molar-refractivity contribution < 1.29 is 14.1 Å². The van der Waals surface area contributed by atoms with Gasteiger partial charge >= 0.3 is 0 Å². The fraction of sp³-hybridized carbons (Fsp3) is 0.381. The average Bonchev–Trinajstić information content (AvgIpc) is 3.33. The van der Waals surface area contributed by atoms with Gasteiger partial charge in [-0.3, -0.25) is 9.78 Å². The van der Waals surface area contributed by atoms with E-state index < -0.39 is 0 Å². The lowest BCUT2D eigenvalue weighted by Gasteiger charge is -2.17. The van der Waals surface area contributed by atoms with Gasteiger partial charge in [-0.05, 0) is 44.7 Å². The van der Waals surface area contributed by atoms with Gasteiger partial charge in [-0.15, -0.1) is 0 Å². The summed E-state index contributed by atoms with van der Waals surface area (Å²) < 4.78 is 10.5. The van der Waals surface area contributed by atoms with Crippen molar-refractivity contribution in [2.75, 3.05) is 20.2 Å². The predicted molar refractivity (Wildman–Crippen MR) is 106 cm³/mol. The van der Waals surface area contributed by atoms with Gasteiger partial charge in [0.15, 0.2) is 0 Å². The monoisotopic (exact) mass is 393 g/mol. The molecule has 150 valence electrons. The van der Waals surface area contributed by atoms with E-state index in [2.05, 4.69) is 15.1 Å². The van der Waals surface area contributed by atoms with E-state index in [1.54, 1.807) is 30.7 Å². The summed E-state index contributed by atoms with van der Waals surface area (Å²) in [6, 6.07) is 3.50. The largest absolute Gasteiger partial charge is 0.480 e. The predicted octanol–water partition coefficient (Wildman–Crippen LogP) is 2.86. The van der Waals surface area contributed by atoms with Crippen LogP contribution in [-0.4, -0.2) is 51.1 Å². The number of rotatable bonds is 5. The SMILES string of the molecule is COc1ncccc1C(=O)N1CC[C@@H](Cc2cncc(-c3c(C)noc3C)n2)C1. The van der Waals surface area contributed by atoms with Gasteiger partial charge in [-0.1, -0.05) is 5.16 Å². The van der Waals surface area contributed by atoms with Gasteiger partial charge in [-0.25, -0.2) is 9.97 Å². The molecule has 1 atom stereocenters. The lowest BCUT2D eigenvalue weighted by molar-refractivity contribution is 0.0783. The molecule has 29 heavy (non-hydrogen) atoms. The molecule has 0 saturated carbocycles. The summed E-state index contributed by atoms with van der Waals surface area (Å²) in [5, 5.41) is 4.00. The second-order valence-electron chi connectivity index (χ2n) is 7.27. The Labute approximate surface area is 168 Å². The second-order valence-corrected chi connectivity index (χ2v) is 7.27. The Morgan fingerprint density at radius 2 is 2.21 bits per heavy atom. The van der Waals surface area contributed by atoms with Gasteiger partial charge in [0.05, 0.1) is 36.0 Å². The molecule has 0 unspecified atom stereocenters. The third-order valence-electron chi connectivity index (χ3n) is 5.24. The zero-order chi connectivity index (χ0) is 20.4. The topological polar surface area (TPSA) is 94.2 Å². The van der Waals surface area contributed by atoms with Crippen molar-refractivity contribution in [1.82, 2.24) is 25.0 Å². The molecular weight excluding hydrogens is 370 g/mol. The van der Waals surface area contributed by atoms with Crippen molar-refractivity contribution in [3.05, 3.63) is 53.4 Å². The van der Waals surface area contributed by atoms with Crippen LogP contribution in [0.4, 0.5) is 0 Å². The quantitative estimate of drug-likeness (QED) is 0.658. The van der Waals surface area contributed by atoms with Gasteiger partial charge in [0.2, 0.25) is 5.88 Å². The summed E-state index contributed by atoms with van der Waals surface area (Å²) in [5.41, 5.74) is 3.87. The van der Waals surface area contributed by atoms with E-state index in [0.29, 0.717) is 30.5 Å². The minimum atomic E-state index is -0.0481. The van der Waals surface area contributed by atoms with Crippen LogP contribution in [0.3, 0.4) is 0 Å². The van der Waals surface area contributed by atoms with Gasteiger partial charge < -0.3 is 14.2 Å². The first kappa shape index (κ1) is 19.0. The summed E-state index contributed by atoms with van der Waals surface area (Å²) in [6.07, 6.45) is 6.82. The molecule has 1 amide bonds. The normalized spacial score (nSPS) is 16.2. The molecule has 0 aromatic carbocycles. The fourth-order valence-corrected chi connectivity index (χ4v) is 3.84. The second kappa shape index (κ2) is 7.98. The number of hydrogen-bond acceptors (Lipinski definition) is 7. The van der Waals surface area contributed by atoms with E-state index in [4.69, 9.17) is 14.2 Å². The smallest absolute Gasteiger partial charge is 0.259 e. The number of aromatic nitrogens is 4. The molecule has 8 nitrogen and oxygen atoms in total. The van der Waals surface area contributed by atoms with E-state index in [9.17, 15) is 4.79 Å². The van der Waals surface area contributed by atoms with Crippen LogP contribution >= 0.6 is 0 Å². The Bertz CT molecular complexity index is 1010. The maximum atomic E-state index is 12.9. The number of methoxy groups -OCH3 is 1. The average molecular weight is 393 g/mol. The van der Waals surface area contributed by atoms with E-state index >= 15 is 0 Å². The summed E-state index contributed by atoms with van der Waals surface area (Å²) >= 11 is 0. The number of pyridine rings is 1. The first-order chi connectivity index (χ1) is 14.1. The highest BCUT2D eigenvalue weighted by atomic mass is 16.5. The number of carbonyl (C=O) groups is 1. The molecule has 3 aromatic heterocycles. The highest BCUT2D eigenvalue weighted by Crippen LogP contribution is 2.27. The zero-order valence-corrected chi connectivity index (χ0v) is 16.8.